The van der Waals surface area contributed by atoms with Crippen molar-refractivity contribution in [3.8, 4) is 0 Å². The fourth-order valence-corrected chi connectivity index (χ4v) is 3.57. The Morgan fingerprint density at radius 3 is 2.32 bits per heavy atom. The van der Waals surface area contributed by atoms with Crippen molar-refractivity contribution in [3.63, 3.8) is 0 Å². The summed E-state index contributed by atoms with van der Waals surface area (Å²) < 4.78 is 0. The summed E-state index contributed by atoms with van der Waals surface area (Å²) in [5.74, 6) is 0. The minimum atomic E-state index is 0.0881. The van der Waals surface area contributed by atoms with Crippen LogP contribution in [0.3, 0.4) is 0 Å². The van der Waals surface area contributed by atoms with Gasteiger partial charge in [0.25, 0.3) is 0 Å². The quantitative estimate of drug-likeness (QED) is 0.792. The largest absolute Gasteiger partial charge is 0.326 e. The van der Waals surface area contributed by atoms with Gasteiger partial charge in [0.15, 0.2) is 0 Å². The maximum absolute atomic E-state index is 6.32. The maximum Gasteiger partial charge on any atom is 0.0510 e. The number of nitrogens with two attached hydrogens (primary N) is 1. The summed E-state index contributed by atoms with van der Waals surface area (Å²) in [6.45, 7) is 2.11. The van der Waals surface area contributed by atoms with E-state index in [0.717, 1.165) is 17.0 Å². The molecule has 0 saturated heterocycles. The predicted octanol–water partition coefficient (Wildman–Crippen LogP) is 4.91. The van der Waals surface area contributed by atoms with Crippen molar-refractivity contribution in [1.29, 1.82) is 0 Å². The number of rotatable bonds is 5. The summed E-state index contributed by atoms with van der Waals surface area (Å²) in [6, 6.07) is 18.4. The highest BCUT2D eigenvalue weighted by atomic mass is 35.5. The van der Waals surface area contributed by atoms with Crippen LogP contribution in [0.5, 0.6) is 0 Å². The molecule has 0 spiro atoms. The van der Waals surface area contributed by atoms with Crippen molar-refractivity contribution in [2.24, 2.45) is 5.73 Å². The van der Waals surface area contributed by atoms with E-state index in [9.17, 15) is 0 Å². The van der Waals surface area contributed by atoms with E-state index in [1.54, 1.807) is 11.8 Å². The molecule has 0 aliphatic carbocycles. The molecule has 2 N–H and O–H groups in total. The molecule has 2 aromatic rings. The summed E-state index contributed by atoms with van der Waals surface area (Å²) in [5, 5.41) is 0.973. The van der Waals surface area contributed by atoms with Gasteiger partial charge in [0.2, 0.25) is 0 Å². The lowest BCUT2D eigenvalue weighted by Crippen LogP contribution is -2.25. The van der Waals surface area contributed by atoms with E-state index in [2.05, 4.69) is 25.1 Å². The molecule has 0 aromatic heterocycles. The Balaban J connectivity index is 2.29. The van der Waals surface area contributed by atoms with Crippen molar-refractivity contribution in [1.82, 2.24) is 0 Å². The van der Waals surface area contributed by atoms with Crippen LogP contribution >= 0.6 is 23.4 Å². The van der Waals surface area contributed by atoms with E-state index < -0.39 is 0 Å². The van der Waals surface area contributed by atoms with Crippen LogP contribution in [0.15, 0.2) is 59.5 Å². The fraction of sp³-hybridized carbons (Fsp3) is 0.250. The molecule has 3 heteroatoms. The van der Waals surface area contributed by atoms with Crippen LogP contribution < -0.4 is 5.73 Å². The van der Waals surface area contributed by atoms with Crippen LogP contribution in [-0.2, 0) is 0 Å². The third-order valence-electron chi connectivity index (χ3n) is 3.08. The van der Waals surface area contributed by atoms with Crippen LogP contribution in [0.2, 0.25) is 5.02 Å². The molecule has 19 heavy (non-hydrogen) atoms. The molecule has 0 radical (unpaired) electrons. The average Bonchev–Trinajstić information content (AvgIpc) is 2.46. The SMILES string of the molecule is CCC(N)C(Sc1ccccc1)c1ccccc1Cl. The summed E-state index contributed by atoms with van der Waals surface area (Å²) in [4.78, 5) is 1.22. The third-order valence-corrected chi connectivity index (χ3v) is 4.82. The van der Waals surface area contributed by atoms with Gasteiger partial charge >= 0.3 is 0 Å². The Hall–Kier alpha value is -0.960. The standard InChI is InChI=1S/C16H18ClNS/c1-2-15(18)16(13-10-6-7-11-14(13)17)19-12-8-4-3-5-9-12/h3-11,15-16H,2,18H2,1H3. The Kier molecular flexibility index (Phi) is 5.32. The van der Waals surface area contributed by atoms with Gasteiger partial charge in [-0.1, -0.05) is 54.9 Å². The molecule has 0 saturated carbocycles. The second-order valence-corrected chi connectivity index (χ2v) is 6.07. The molecule has 0 fully saturated rings. The van der Waals surface area contributed by atoms with Gasteiger partial charge in [-0.2, -0.15) is 0 Å². The molecule has 2 rings (SSSR count). The normalized spacial score (nSPS) is 14.1. The first kappa shape index (κ1) is 14.4. The number of halogens is 1. The minimum Gasteiger partial charge on any atom is -0.326 e. The highest BCUT2D eigenvalue weighted by Crippen LogP contribution is 2.40. The second-order valence-electron chi connectivity index (χ2n) is 4.45. The van der Waals surface area contributed by atoms with E-state index in [1.165, 1.54) is 4.90 Å². The average molecular weight is 292 g/mol. The lowest BCUT2D eigenvalue weighted by molar-refractivity contribution is 0.634. The van der Waals surface area contributed by atoms with Crippen molar-refractivity contribution in [2.75, 3.05) is 0 Å². The van der Waals surface area contributed by atoms with Crippen LogP contribution in [-0.4, -0.2) is 6.04 Å². The van der Waals surface area contributed by atoms with Crippen molar-refractivity contribution in [3.05, 3.63) is 65.2 Å². The number of benzene rings is 2. The Bertz CT molecular complexity index is 515. The van der Waals surface area contributed by atoms with E-state index >= 15 is 0 Å². The highest BCUT2D eigenvalue weighted by molar-refractivity contribution is 7.99. The summed E-state index contributed by atoms with van der Waals surface area (Å²) in [6.07, 6.45) is 0.926. The van der Waals surface area contributed by atoms with Crippen molar-refractivity contribution >= 4 is 23.4 Å². The van der Waals surface area contributed by atoms with Gasteiger partial charge in [-0.3, -0.25) is 0 Å². The zero-order valence-electron chi connectivity index (χ0n) is 10.9. The Morgan fingerprint density at radius 1 is 1.05 bits per heavy atom. The van der Waals surface area contributed by atoms with Gasteiger partial charge in [0.05, 0.1) is 5.25 Å². The van der Waals surface area contributed by atoms with Gasteiger partial charge in [-0.25, -0.2) is 0 Å². The molecule has 0 aliphatic heterocycles. The maximum atomic E-state index is 6.32. The second kappa shape index (κ2) is 6.99. The smallest absolute Gasteiger partial charge is 0.0510 e. The Morgan fingerprint density at radius 2 is 1.68 bits per heavy atom. The number of hydrogen-bond donors (Lipinski definition) is 1. The van der Waals surface area contributed by atoms with Crippen molar-refractivity contribution < 1.29 is 0 Å². The molecule has 0 aliphatic rings. The van der Waals surface area contributed by atoms with Gasteiger partial charge < -0.3 is 5.73 Å². The molecule has 1 nitrogen and oxygen atoms in total. The Labute approximate surface area is 124 Å². The van der Waals surface area contributed by atoms with E-state index in [4.69, 9.17) is 17.3 Å². The van der Waals surface area contributed by atoms with Crippen LogP contribution in [0.4, 0.5) is 0 Å². The zero-order chi connectivity index (χ0) is 13.7. The first-order valence-electron chi connectivity index (χ1n) is 6.44. The number of hydrogen-bond acceptors (Lipinski definition) is 2. The summed E-state index contributed by atoms with van der Waals surface area (Å²) in [5.41, 5.74) is 7.40. The van der Waals surface area contributed by atoms with Crippen LogP contribution in [0, 0.1) is 0 Å². The number of thioether (sulfide) groups is 1. The molecule has 2 atom stereocenters. The van der Waals surface area contributed by atoms with Gasteiger partial charge in [0, 0.05) is 16.0 Å². The summed E-state index contributed by atoms with van der Waals surface area (Å²) in [7, 11) is 0. The molecular weight excluding hydrogens is 274 g/mol. The van der Waals surface area contributed by atoms with Crippen molar-refractivity contribution in [2.45, 2.75) is 29.5 Å². The lowest BCUT2D eigenvalue weighted by Gasteiger charge is -2.24. The molecular formula is C16H18ClNS. The molecule has 0 bridgehead atoms. The van der Waals surface area contributed by atoms with Gasteiger partial charge in [-0.15, -0.1) is 11.8 Å². The molecule has 2 unspecified atom stereocenters. The van der Waals surface area contributed by atoms with E-state index in [0.29, 0.717) is 0 Å². The van der Waals surface area contributed by atoms with Gasteiger partial charge in [-0.05, 0) is 30.2 Å². The summed E-state index contributed by atoms with van der Waals surface area (Å²) >= 11 is 8.10. The molecule has 2 aromatic carbocycles. The first-order valence-corrected chi connectivity index (χ1v) is 7.70. The first-order chi connectivity index (χ1) is 9.22. The predicted molar refractivity (Wildman–Crippen MR) is 84.8 cm³/mol. The molecule has 0 heterocycles. The van der Waals surface area contributed by atoms with E-state index in [1.807, 2.05) is 36.4 Å². The van der Waals surface area contributed by atoms with Gasteiger partial charge in [0.1, 0.15) is 0 Å². The third kappa shape index (κ3) is 3.75. The highest BCUT2D eigenvalue weighted by Gasteiger charge is 2.21. The van der Waals surface area contributed by atoms with Crippen LogP contribution in [0.1, 0.15) is 24.2 Å². The minimum absolute atomic E-state index is 0.0881. The topological polar surface area (TPSA) is 26.0 Å². The van der Waals surface area contributed by atoms with Crippen LogP contribution in [0.25, 0.3) is 0 Å². The zero-order valence-corrected chi connectivity index (χ0v) is 12.5. The fourth-order valence-electron chi connectivity index (χ4n) is 1.95. The lowest BCUT2D eigenvalue weighted by atomic mass is 10.0. The molecule has 100 valence electrons. The molecule has 0 amide bonds. The monoisotopic (exact) mass is 291 g/mol. The van der Waals surface area contributed by atoms with E-state index in [-0.39, 0.29) is 11.3 Å².